The third-order valence-corrected chi connectivity index (χ3v) is 4.37. The summed E-state index contributed by atoms with van der Waals surface area (Å²) in [4.78, 5) is -1.77. The lowest BCUT2D eigenvalue weighted by atomic mass is 10.0. The molecule has 0 aliphatic rings. The predicted molar refractivity (Wildman–Crippen MR) is 72.7 cm³/mol. The number of benzene rings is 2. The van der Waals surface area contributed by atoms with Crippen LogP contribution in [0, 0.1) is 13.8 Å². The van der Waals surface area contributed by atoms with Crippen LogP contribution in [0.3, 0.4) is 0 Å². The molecule has 0 amide bonds. The first-order valence-electron chi connectivity index (χ1n) is 5.79. The Bertz CT molecular complexity index is 636. The summed E-state index contributed by atoms with van der Waals surface area (Å²) < 4.78 is 65.0. The Morgan fingerprint density at radius 3 is 1.55 bits per heavy atom. The highest BCUT2D eigenvalue weighted by Gasteiger charge is 2.66. The van der Waals surface area contributed by atoms with Crippen molar-refractivity contribution in [2.45, 2.75) is 18.7 Å². The predicted octanol–water partition coefficient (Wildman–Crippen LogP) is 6.63. The molecule has 0 unspecified atom stereocenters. The maximum absolute atomic E-state index is 13.0. The highest BCUT2D eigenvalue weighted by molar-refractivity contribution is 8.45. The molecule has 6 heteroatoms. The van der Waals surface area contributed by atoms with Gasteiger partial charge >= 0.3 is 10.2 Å². The van der Waals surface area contributed by atoms with Crippen molar-refractivity contribution in [1.82, 2.24) is 0 Å². The van der Waals surface area contributed by atoms with E-state index in [0.717, 1.165) is 26.0 Å². The van der Waals surface area contributed by atoms with Crippen molar-refractivity contribution in [2.75, 3.05) is 0 Å². The van der Waals surface area contributed by atoms with Crippen molar-refractivity contribution in [2.24, 2.45) is 0 Å². The molecule has 0 radical (unpaired) electrons. The molecule has 0 aliphatic heterocycles. The summed E-state index contributed by atoms with van der Waals surface area (Å²) in [6, 6.07) is 11.0. The van der Waals surface area contributed by atoms with Gasteiger partial charge < -0.3 is 0 Å². The number of halogens is 5. The monoisotopic (exact) mass is 308 g/mol. The highest BCUT2D eigenvalue weighted by Crippen LogP contribution is 3.02. The van der Waals surface area contributed by atoms with E-state index in [1.165, 1.54) is 0 Å². The first kappa shape index (κ1) is 14.8. The van der Waals surface area contributed by atoms with Crippen molar-refractivity contribution in [3.8, 4) is 11.1 Å². The summed E-state index contributed by atoms with van der Waals surface area (Å²) >= 11 is 0. The van der Waals surface area contributed by atoms with Gasteiger partial charge in [-0.15, -0.1) is 0 Å². The van der Waals surface area contributed by atoms with Crippen molar-refractivity contribution < 1.29 is 19.4 Å². The second kappa shape index (κ2) is 3.75. The minimum Gasteiger partial charge on any atom is -0.0936 e. The van der Waals surface area contributed by atoms with Gasteiger partial charge in [-0.05, 0) is 48.2 Å². The summed E-state index contributed by atoms with van der Waals surface area (Å²) in [5.74, 6) is 0. The van der Waals surface area contributed by atoms with E-state index in [4.69, 9.17) is 0 Å². The maximum Gasteiger partial charge on any atom is 0.310 e. The van der Waals surface area contributed by atoms with Crippen LogP contribution in [0.4, 0.5) is 19.4 Å². The highest BCUT2D eigenvalue weighted by atomic mass is 32.5. The van der Waals surface area contributed by atoms with Crippen molar-refractivity contribution in [3.05, 3.63) is 53.6 Å². The van der Waals surface area contributed by atoms with Crippen LogP contribution in [0.25, 0.3) is 11.1 Å². The van der Waals surface area contributed by atoms with Crippen LogP contribution in [0.1, 0.15) is 11.1 Å². The molecular weight excluding hydrogens is 295 g/mol. The molecule has 0 spiro atoms. The Hall–Kier alpha value is -1.56. The molecular formula is C14H13F5S. The average Bonchev–Trinajstić information content (AvgIpc) is 2.25. The van der Waals surface area contributed by atoms with E-state index < -0.39 is 26.2 Å². The molecule has 110 valence electrons. The van der Waals surface area contributed by atoms with Gasteiger partial charge in [0.2, 0.25) is 0 Å². The fourth-order valence-corrected chi connectivity index (χ4v) is 3.69. The second-order valence-corrected chi connectivity index (χ2v) is 7.12. The normalized spacial score (nSPS) is 15.6. The molecule has 0 saturated heterocycles. The second-order valence-electron chi connectivity index (χ2n) is 4.77. The van der Waals surface area contributed by atoms with Gasteiger partial charge in [-0.3, -0.25) is 0 Å². The van der Waals surface area contributed by atoms with Crippen LogP contribution < -0.4 is 0 Å². The summed E-state index contributed by atoms with van der Waals surface area (Å²) in [6.07, 6.45) is 0. The minimum atomic E-state index is -9.66. The zero-order valence-corrected chi connectivity index (χ0v) is 11.7. The minimum absolute atomic E-state index is 0.456. The first-order chi connectivity index (χ1) is 8.88. The maximum atomic E-state index is 13.0. The van der Waals surface area contributed by atoms with E-state index in [9.17, 15) is 19.4 Å². The number of hydrogen-bond donors (Lipinski definition) is 0. The summed E-state index contributed by atoms with van der Waals surface area (Å²) in [5, 5.41) is 0. The van der Waals surface area contributed by atoms with Gasteiger partial charge in [-0.1, -0.05) is 49.8 Å². The van der Waals surface area contributed by atoms with Crippen LogP contribution in [0.5, 0.6) is 0 Å². The van der Waals surface area contributed by atoms with Gasteiger partial charge in [-0.25, -0.2) is 0 Å². The van der Waals surface area contributed by atoms with E-state index >= 15 is 0 Å². The molecule has 0 bridgehead atoms. The van der Waals surface area contributed by atoms with Crippen LogP contribution in [0.15, 0.2) is 47.4 Å². The van der Waals surface area contributed by atoms with Crippen LogP contribution >= 0.6 is 10.2 Å². The molecule has 0 saturated carbocycles. The van der Waals surface area contributed by atoms with Gasteiger partial charge in [0.1, 0.15) is 4.90 Å². The van der Waals surface area contributed by atoms with E-state index in [0.29, 0.717) is 11.1 Å². The lowest BCUT2D eigenvalue weighted by Gasteiger charge is -2.42. The lowest BCUT2D eigenvalue weighted by Crippen LogP contribution is -2.10. The molecule has 0 aliphatic carbocycles. The Morgan fingerprint density at radius 1 is 0.700 bits per heavy atom. The van der Waals surface area contributed by atoms with Crippen molar-refractivity contribution >= 4 is 10.2 Å². The molecule has 0 fully saturated rings. The quantitative estimate of drug-likeness (QED) is 0.546. The summed E-state index contributed by atoms with van der Waals surface area (Å²) in [7, 11) is -9.66. The van der Waals surface area contributed by atoms with Gasteiger partial charge in [0, 0.05) is 0 Å². The molecule has 0 aromatic heterocycles. The smallest absolute Gasteiger partial charge is 0.0936 e. The first-order valence-corrected chi connectivity index (χ1v) is 7.74. The van der Waals surface area contributed by atoms with Crippen molar-refractivity contribution in [1.29, 1.82) is 0 Å². The molecule has 0 heterocycles. The zero-order valence-electron chi connectivity index (χ0n) is 10.8. The van der Waals surface area contributed by atoms with E-state index in [1.54, 1.807) is 30.3 Å². The fourth-order valence-electron chi connectivity index (χ4n) is 2.36. The topological polar surface area (TPSA) is 0 Å². The number of hydrogen-bond acceptors (Lipinski definition) is 0. The summed E-state index contributed by atoms with van der Waals surface area (Å²) in [6.45, 7) is 2.12. The molecule has 2 rings (SSSR count). The number of rotatable bonds is 2. The summed E-state index contributed by atoms with van der Waals surface area (Å²) in [5.41, 5.74) is 0.268. The standard InChI is InChI=1S/C14H13F5S/c1-10-8-13(12-6-4-3-5-7-12)9-11(2)14(10)20(15,16,17,18)19/h3-9H,1-2H3. The average molecular weight is 308 g/mol. The molecule has 0 N–H and O–H groups in total. The Balaban J connectivity index is 2.69. The molecule has 20 heavy (non-hydrogen) atoms. The van der Waals surface area contributed by atoms with Gasteiger partial charge in [0.05, 0.1) is 0 Å². The molecule has 0 atom stereocenters. The van der Waals surface area contributed by atoms with Crippen LogP contribution in [0.2, 0.25) is 0 Å². The third kappa shape index (κ3) is 2.95. The molecule has 2 aromatic rings. The SMILES string of the molecule is Cc1cc(-c2ccccc2)cc(C)c1S(F)(F)(F)(F)F. The van der Waals surface area contributed by atoms with Crippen LogP contribution in [-0.4, -0.2) is 0 Å². The molecule has 0 nitrogen and oxygen atoms in total. The zero-order chi connectivity index (χ0) is 15.2. The van der Waals surface area contributed by atoms with Crippen LogP contribution in [-0.2, 0) is 0 Å². The largest absolute Gasteiger partial charge is 0.310 e. The third-order valence-electron chi connectivity index (χ3n) is 2.95. The van der Waals surface area contributed by atoms with E-state index in [-0.39, 0.29) is 0 Å². The van der Waals surface area contributed by atoms with Crippen molar-refractivity contribution in [3.63, 3.8) is 0 Å². The van der Waals surface area contributed by atoms with E-state index in [2.05, 4.69) is 0 Å². The van der Waals surface area contributed by atoms with Gasteiger partial charge in [-0.2, -0.15) is 0 Å². The van der Waals surface area contributed by atoms with E-state index in [1.807, 2.05) is 0 Å². The number of aryl methyl sites for hydroxylation is 2. The van der Waals surface area contributed by atoms with Gasteiger partial charge in [0.15, 0.2) is 0 Å². The molecule has 2 aromatic carbocycles. The Morgan fingerprint density at radius 2 is 1.15 bits per heavy atom. The van der Waals surface area contributed by atoms with Gasteiger partial charge in [0.25, 0.3) is 0 Å². The Labute approximate surface area is 114 Å². The fraction of sp³-hybridized carbons (Fsp3) is 0.143. The lowest BCUT2D eigenvalue weighted by molar-refractivity contribution is 0.362. The Kier molecular flexibility index (Phi) is 2.78.